The molecule has 1 aromatic rings. The molecule has 1 atom stereocenters. The molecule has 0 saturated carbocycles. The van der Waals surface area contributed by atoms with Gasteiger partial charge in [0.15, 0.2) is 0 Å². The van der Waals surface area contributed by atoms with E-state index in [0.29, 0.717) is 6.54 Å². The highest BCUT2D eigenvalue weighted by atomic mass is 79.9. The maximum absolute atomic E-state index is 11.2. The van der Waals surface area contributed by atoms with Crippen LogP contribution in [0.25, 0.3) is 0 Å². The van der Waals surface area contributed by atoms with Crippen LogP contribution >= 0.6 is 15.9 Å². The Morgan fingerprint density at radius 2 is 2.25 bits per heavy atom. The monoisotopic (exact) mass is 285 g/mol. The Morgan fingerprint density at radius 3 is 2.69 bits per heavy atom. The molecule has 0 aliphatic carbocycles. The Balaban J connectivity index is 2.55. The smallest absolute Gasteiger partial charge is 0.234 e. The Kier molecular flexibility index (Phi) is 4.89. The SMILES string of the molecule is CC(C)C(NCc1ccc(Br)nc1)C(N)=O. The summed E-state index contributed by atoms with van der Waals surface area (Å²) in [6.07, 6.45) is 1.76. The summed E-state index contributed by atoms with van der Waals surface area (Å²) in [5, 5.41) is 3.12. The molecule has 1 rings (SSSR count). The number of nitrogens with zero attached hydrogens (tertiary/aromatic N) is 1. The van der Waals surface area contributed by atoms with Gasteiger partial charge in [0.2, 0.25) is 5.91 Å². The van der Waals surface area contributed by atoms with Crippen molar-refractivity contribution < 1.29 is 4.79 Å². The summed E-state index contributed by atoms with van der Waals surface area (Å²) >= 11 is 3.27. The van der Waals surface area contributed by atoms with Crippen LogP contribution in [-0.2, 0) is 11.3 Å². The quantitative estimate of drug-likeness (QED) is 0.805. The summed E-state index contributed by atoms with van der Waals surface area (Å²) in [5.74, 6) is -0.138. The fourth-order valence-corrected chi connectivity index (χ4v) is 1.64. The fraction of sp³-hybridized carbons (Fsp3) is 0.455. The predicted molar refractivity (Wildman–Crippen MR) is 66.6 cm³/mol. The number of nitrogens with two attached hydrogens (primary N) is 1. The number of carbonyl (C=O) groups excluding carboxylic acids is 1. The van der Waals surface area contributed by atoms with Crippen LogP contribution in [0.1, 0.15) is 19.4 Å². The highest BCUT2D eigenvalue weighted by Gasteiger charge is 2.18. The maximum Gasteiger partial charge on any atom is 0.234 e. The van der Waals surface area contributed by atoms with Crippen molar-refractivity contribution in [2.75, 3.05) is 0 Å². The molecule has 4 nitrogen and oxygen atoms in total. The molecule has 5 heteroatoms. The molecule has 1 unspecified atom stereocenters. The Bertz CT molecular complexity index is 351. The summed E-state index contributed by atoms with van der Waals surface area (Å²) < 4.78 is 0.798. The van der Waals surface area contributed by atoms with Gasteiger partial charge in [-0.1, -0.05) is 19.9 Å². The van der Waals surface area contributed by atoms with Gasteiger partial charge in [0, 0.05) is 12.7 Å². The van der Waals surface area contributed by atoms with Crippen LogP contribution in [0.3, 0.4) is 0 Å². The van der Waals surface area contributed by atoms with E-state index >= 15 is 0 Å². The number of pyridine rings is 1. The normalized spacial score (nSPS) is 12.8. The third-order valence-electron chi connectivity index (χ3n) is 2.29. The van der Waals surface area contributed by atoms with Gasteiger partial charge in [0.25, 0.3) is 0 Å². The molecule has 1 aromatic heterocycles. The second-order valence-corrected chi connectivity index (χ2v) is 4.81. The van der Waals surface area contributed by atoms with Crippen LogP contribution in [0.4, 0.5) is 0 Å². The lowest BCUT2D eigenvalue weighted by molar-refractivity contribution is -0.121. The summed E-state index contributed by atoms with van der Waals surface area (Å²) in [6, 6.07) is 3.51. The van der Waals surface area contributed by atoms with Gasteiger partial charge in [-0.15, -0.1) is 0 Å². The van der Waals surface area contributed by atoms with Crippen molar-refractivity contribution >= 4 is 21.8 Å². The van der Waals surface area contributed by atoms with Crippen LogP contribution in [0, 0.1) is 5.92 Å². The van der Waals surface area contributed by atoms with Crippen molar-refractivity contribution in [1.82, 2.24) is 10.3 Å². The second-order valence-electron chi connectivity index (χ2n) is 3.99. The van der Waals surface area contributed by atoms with E-state index in [-0.39, 0.29) is 17.9 Å². The number of carbonyl (C=O) groups is 1. The van der Waals surface area contributed by atoms with Crippen LogP contribution < -0.4 is 11.1 Å². The molecule has 0 aliphatic rings. The molecule has 88 valence electrons. The van der Waals surface area contributed by atoms with E-state index in [4.69, 9.17) is 5.73 Å². The van der Waals surface area contributed by atoms with Gasteiger partial charge in [-0.2, -0.15) is 0 Å². The molecule has 0 spiro atoms. The average Bonchev–Trinajstić information content (AvgIpc) is 2.20. The van der Waals surface area contributed by atoms with Crippen molar-refractivity contribution in [2.24, 2.45) is 11.7 Å². The summed E-state index contributed by atoms with van der Waals surface area (Å²) in [7, 11) is 0. The van der Waals surface area contributed by atoms with Gasteiger partial charge in [-0.25, -0.2) is 4.98 Å². The number of hydrogen-bond donors (Lipinski definition) is 2. The van der Waals surface area contributed by atoms with Crippen molar-refractivity contribution in [3.8, 4) is 0 Å². The summed E-state index contributed by atoms with van der Waals surface area (Å²) in [4.78, 5) is 15.3. The molecule has 16 heavy (non-hydrogen) atoms. The summed E-state index contributed by atoms with van der Waals surface area (Å²) in [5.41, 5.74) is 6.32. The van der Waals surface area contributed by atoms with Crippen LogP contribution in [0.15, 0.2) is 22.9 Å². The minimum Gasteiger partial charge on any atom is -0.368 e. The zero-order valence-corrected chi connectivity index (χ0v) is 11.0. The van der Waals surface area contributed by atoms with Crippen molar-refractivity contribution in [3.05, 3.63) is 28.5 Å². The van der Waals surface area contributed by atoms with Crippen molar-refractivity contribution in [2.45, 2.75) is 26.4 Å². The van der Waals surface area contributed by atoms with Gasteiger partial charge in [-0.3, -0.25) is 4.79 Å². The van der Waals surface area contributed by atoms with Crippen LogP contribution in [0.5, 0.6) is 0 Å². The van der Waals surface area contributed by atoms with E-state index in [9.17, 15) is 4.79 Å². The molecule has 0 radical (unpaired) electrons. The second kappa shape index (κ2) is 5.96. The first-order valence-corrected chi connectivity index (χ1v) is 5.93. The Hall–Kier alpha value is -0.940. The molecule has 0 fully saturated rings. The molecule has 1 amide bonds. The van der Waals surface area contributed by atoms with Crippen molar-refractivity contribution in [3.63, 3.8) is 0 Å². The van der Waals surface area contributed by atoms with Gasteiger partial charge in [0.1, 0.15) is 4.60 Å². The highest BCUT2D eigenvalue weighted by molar-refractivity contribution is 9.10. The minimum absolute atomic E-state index is 0.181. The number of amides is 1. The third kappa shape index (κ3) is 3.90. The van der Waals surface area contributed by atoms with E-state index in [0.717, 1.165) is 10.2 Å². The molecule has 1 heterocycles. The summed E-state index contributed by atoms with van der Waals surface area (Å²) in [6.45, 7) is 4.51. The Morgan fingerprint density at radius 1 is 1.56 bits per heavy atom. The van der Waals surface area contributed by atoms with Gasteiger partial charge in [-0.05, 0) is 33.5 Å². The first kappa shape index (κ1) is 13.1. The number of nitrogens with one attached hydrogen (secondary N) is 1. The molecule has 3 N–H and O–H groups in total. The van der Waals surface area contributed by atoms with Crippen LogP contribution in [0.2, 0.25) is 0 Å². The lowest BCUT2D eigenvalue weighted by Gasteiger charge is -2.18. The van der Waals surface area contributed by atoms with Crippen LogP contribution in [-0.4, -0.2) is 16.9 Å². The molecule has 0 aliphatic heterocycles. The fourth-order valence-electron chi connectivity index (χ4n) is 1.40. The molecular weight excluding hydrogens is 270 g/mol. The standard InChI is InChI=1S/C11H16BrN3O/c1-7(2)10(11(13)16)15-6-8-3-4-9(12)14-5-8/h3-5,7,10,15H,6H2,1-2H3,(H2,13,16). The number of hydrogen-bond acceptors (Lipinski definition) is 3. The zero-order valence-electron chi connectivity index (χ0n) is 9.40. The topological polar surface area (TPSA) is 68.0 Å². The molecular formula is C11H16BrN3O. The third-order valence-corrected chi connectivity index (χ3v) is 2.76. The minimum atomic E-state index is -0.319. The molecule has 0 aromatic carbocycles. The van der Waals surface area contributed by atoms with Gasteiger partial charge in [0.05, 0.1) is 6.04 Å². The first-order chi connectivity index (χ1) is 7.50. The largest absolute Gasteiger partial charge is 0.368 e. The Labute approximate surface area is 104 Å². The van der Waals surface area contributed by atoms with Crippen molar-refractivity contribution in [1.29, 1.82) is 0 Å². The average molecular weight is 286 g/mol. The van der Waals surface area contributed by atoms with E-state index in [2.05, 4.69) is 26.2 Å². The predicted octanol–water partition coefficient (Wildman–Crippen LogP) is 1.44. The zero-order chi connectivity index (χ0) is 12.1. The van der Waals surface area contributed by atoms with Gasteiger partial charge < -0.3 is 11.1 Å². The lowest BCUT2D eigenvalue weighted by atomic mass is 10.0. The molecule has 0 bridgehead atoms. The number of aromatic nitrogens is 1. The number of primary amides is 1. The lowest BCUT2D eigenvalue weighted by Crippen LogP contribution is -2.44. The van der Waals surface area contributed by atoms with Gasteiger partial charge >= 0.3 is 0 Å². The van der Waals surface area contributed by atoms with E-state index in [1.807, 2.05) is 26.0 Å². The highest BCUT2D eigenvalue weighted by Crippen LogP contribution is 2.07. The number of halogens is 1. The molecule has 0 saturated heterocycles. The first-order valence-electron chi connectivity index (χ1n) is 5.14. The van der Waals surface area contributed by atoms with E-state index in [1.54, 1.807) is 6.20 Å². The van der Waals surface area contributed by atoms with E-state index < -0.39 is 0 Å². The number of rotatable bonds is 5. The maximum atomic E-state index is 11.2. The van der Waals surface area contributed by atoms with E-state index in [1.165, 1.54) is 0 Å².